The molecule has 0 aliphatic rings. The summed E-state index contributed by atoms with van der Waals surface area (Å²) in [6.45, 7) is 2.53. The van der Waals surface area contributed by atoms with Crippen molar-refractivity contribution in [1.29, 1.82) is 0 Å². The molecular formula is C13H19N5OS. The van der Waals surface area contributed by atoms with Crippen LogP contribution in [0.25, 0.3) is 0 Å². The predicted octanol–water partition coefficient (Wildman–Crippen LogP) is 1.10. The Morgan fingerprint density at radius 1 is 1.55 bits per heavy atom. The van der Waals surface area contributed by atoms with Crippen LogP contribution in [0.4, 0.5) is 0 Å². The summed E-state index contributed by atoms with van der Waals surface area (Å²) in [6, 6.07) is -0.372. The number of nitrogens with zero attached hydrogens (tertiary/aromatic N) is 4. The first-order valence-electron chi connectivity index (χ1n) is 6.33. The number of aromatic nitrogens is 3. The molecule has 7 heteroatoms. The van der Waals surface area contributed by atoms with Crippen LogP contribution in [-0.2, 0) is 18.4 Å². The average Bonchev–Trinajstić information content (AvgIpc) is 2.99. The summed E-state index contributed by atoms with van der Waals surface area (Å²) in [6.07, 6.45) is 5.38. The van der Waals surface area contributed by atoms with Gasteiger partial charge in [-0.2, -0.15) is 5.10 Å². The smallest absolute Gasteiger partial charge is 0.244 e. The summed E-state index contributed by atoms with van der Waals surface area (Å²) in [5.74, 6) is 0.0200. The van der Waals surface area contributed by atoms with Crippen molar-refractivity contribution in [3.63, 3.8) is 0 Å². The molecule has 2 aromatic heterocycles. The van der Waals surface area contributed by atoms with Gasteiger partial charge in [0, 0.05) is 36.9 Å². The van der Waals surface area contributed by atoms with Crippen molar-refractivity contribution in [2.24, 2.45) is 7.05 Å². The molecule has 108 valence electrons. The molecule has 6 nitrogen and oxygen atoms in total. The number of carbonyl (C=O) groups excluding carboxylic acids is 1. The number of hydrogen-bond acceptors (Lipinski definition) is 5. The molecule has 1 N–H and O–H groups in total. The van der Waals surface area contributed by atoms with E-state index in [1.807, 2.05) is 26.4 Å². The van der Waals surface area contributed by atoms with Crippen LogP contribution in [0.15, 0.2) is 18.6 Å². The van der Waals surface area contributed by atoms with Crippen LogP contribution in [0.2, 0.25) is 0 Å². The third-order valence-corrected chi connectivity index (χ3v) is 3.93. The standard InChI is InChI=1S/C13H19N5OS/c1-9-15-6-11(20-9)8-17(3)13(19)12(14-2)10-5-16-18(4)7-10/h5-7,12,14H,8H2,1-4H3. The van der Waals surface area contributed by atoms with Gasteiger partial charge in [0.2, 0.25) is 5.91 Å². The van der Waals surface area contributed by atoms with Crippen molar-refractivity contribution in [3.05, 3.63) is 34.0 Å². The van der Waals surface area contributed by atoms with Gasteiger partial charge in [0.15, 0.2) is 0 Å². The molecule has 2 heterocycles. The van der Waals surface area contributed by atoms with Gasteiger partial charge in [-0.25, -0.2) is 4.98 Å². The minimum atomic E-state index is -0.372. The van der Waals surface area contributed by atoms with Gasteiger partial charge in [0.25, 0.3) is 0 Å². The van der Waals surface area contributed by atoms with Crippen LogP contribution < -0.4 is 5.32 Å². The zero-order chi connectivity index (χ0) is 14.7. The van der Waals surface area contributed by atoms with Crippen LogP contribution in [-0.4, -0.2) is 39.7 Å². The van der Waals surface area contributed by atoms with Crippen molar-refractivity contribution >= 4 is 17.2 Å². The van der Waals surface area contributed by atoms with E-state index in [1.54, 1.807) is 41.2 Å². The largest absolute Gasteiger partial charge is 0.339 e. The SMILES string of the molecule is CNC(C(=O)N(C)Cc1cnc(C)s1)c1cnn(C)c1. The van der Waals surface area contributed by atoms with E-state index in [1.165, 1.54) is 0 Å². The molecule has 0 radical (unpaired) electrons. The van der Waals surface area contributed by atoms with Crippen molar-refractivity contribution in [1.82, 2.24) is 25.0 Å². The lowest BCUT2D eigenvalue weighted by Crippen LogP contribution is -2.36. The molecule has 0 aliphatic heterocycles. The van der Waals surface area contributed by atoms with Crippen molar-refractivity contribution in [2.75, 3.05) is 14.1 Å². The first-order chi connectivity index (χ1) is 9.51. The van der Waals surface area contributed by atoms with E-state index in [0.717, 1.165) is 15.4 Å². The highest BCUT2D eigenvalue weighted by molar-refractivity contribution is 7.11. The molecule has 0 aromatic carbocycles. The number of thiazole rings is 1. The predicted molar refractivity (Wildman–Crippen MR) is 78.3 cm³/mol. The van der Waals surface area contributed by atoms with Gasteiger partial charge in [0.05, 0.1) is 17.7 Å². The quantitative estimate of drug-likeness (QED) is 0.897. The maximum Gasteiger partial charge on any atom is 0.244 e. The number of nitrogens with one attached hydrogen (secondary N) is 1. The first-order valence-corrected chi connectivity index (χ1v) is 7.15. The Hall–Kier alpha value is -1.73. The molecule has 0 bridgehead atoms. The zero-order valence-corrected chi connectivity index (χ0v) is 12.9. The Morgan fingerprint density at radius 3 is 2.80 bits per heavy atom. The lowest BCUT2D eigenvalue weighted by atomic mass is 10.1. The molecule has 1 amide bonds. The summed E-state index contributed by atoms with van der Waals surface area (Å²) in [4.78, 5) is 19.5. The van der Waals surface area contributed by atoms with E-state index < -0.39 is 0 Å². The Labute approximate surface area is 122 Å². The Bertz CT molecular complexity index is 591. The number of aryl methyl sites for hydroxylation is 2. The summed E-state index contributed by atoms with van der Waals surface area (Å²) < 4.78 is 1.69. The zero-order valence-electron chi connectivity index (χ0n) is 12.1. The number of carbonyl (C=O) groups is 1. The van der Waals surface area contributed by atoms with Crippen LogP contribution in [0.1, 0.15) is 21.5 Å². The van der Waals surface area contributed by atoms with Crippen LogP contribution in [0, 0.1) is 6.92 Å². The fourth-order valence-electron chi connectivity index (χ4n) is 2.03. The van der Waals surface area contributed by atoms with Gasteiger partial charge in [0.1, 0.15) is 6.04 Å². The van der Waals surface area contributed by atoms with Gasteiger partial charge in [-0.15, -0.1) is 11.3 Å². The van der Waals surface area contributed by atoms with E-state index in [4.69, 9.17) is 0 Å². The second kappa shape index (κ2) is 6.15. The van der Waals surface area contributed by atoms with E-state index in [0.29, 0.717) is 6.54 Å². The monoisotopic (exact) mass is 293 g/mol. The molecule has 1 atom stereocenters. The van der Waals surface area contributed by atoms with E-state index in [9.17, 15) is 4.79 Å². The molecule has 2 rings (SSSR count). The molecule has 0 saturated carbocycles. The van der Waals surface area contributed by atoms with Crippen LogP contribution in [0.3, 0.4) is 0 Å². The van der Waals surface area contributed by atoms with E-state index in [2.05, 4.69) is 15.4 Å². The summed E-state index contributed by atoms with van der Waals surface area (Å²) in [5.41, 5.74) is 0.868. The lowest BCUT2D eigenvalue weighted by molar-refractivity contribution is -0.132. The number of amides is 1. The van der Waals surface area contributed by atoms with Crippen LogP contribution in [0.5, 0.6) is 0 Å². The molecular weight excluding hydrogens is 274 g/mol. The molecule has 1 unspecified atom stereocenters. The number of likely N-dealkylation sites (N-methyl/N-ethyl adjacent to an activating group) is 2. The first kappa shape index (κ1) is 14.7. The van der Waals surface area contributed by atoms with Gasteiger partial charge >= 0.3 is 0 Å². The van der Waals surface area contributed by atoms with Crippen molar-refractivity contribution in [3.8, 4) is 0 Å². The van der Waals surface area contributed by atoms with Crippen molar-refractivity contribution in [2.45, 2.75) is 19.5 Å². The minimum absolute atomic E-state index is 0.0200. The molecule has 0 saturated heterocycles. The number of hydrogen-bond donors (Lipinski definition) is 1. The second-order valence-electron chi connectivity index (χ2n) is 4.71. The summed E-state index contributed by atoms with van der Waals surface area (Å²) in [7, 11) is 5.42. The maximum absolute atomic E-state index is 12.5. The van der Waals surface area contributed by atoms with Gasteiger partial charge < -0.3 is 10.2 Å². The highest BCUT2D eigenvalue weighted by Gasteiger charge is 2.23. The third kappa shape index (κ3) is 3.23. The maximum atomic E-state index is 12.5. The normalized spacial score (nSPS) is 12.4. The molecule has 0 aliphatic carbocycles. The third-order valence-electron chi connectivity index (χ3n) is 3.03. The minimum Gasteiger partial charge on any atom is -0.339 e. The fraction of sp³-hybridized carbons (Fsp3) is 0.462. The van der Waals surface area contributed by atoms with Gasteiger partial charge in [-0.1, -0.05) is 0 Å². The van der Waals surface area contributed by atoms with Crippen molar-refractivity contribution < 1.29 is 4.79 Å². The molecule has 0 spiro atoms. The summed E-state index contributed by atoms with van der Waals surface area (Å²) in [5, 5.41) is 8.17. The molecule has 2 aromatic rings. The van der Waals surface area contributed by atoms with E-state index in [-0.39, 0.29) is 11.9 Å². The summed E-state index contributed by atoms with van der Waals surface area (Å²) >= 11 is 1.61. The van der Waals surface area contributed by atoms with E-state index >= 15 is 0 Å². The lowest BCUT2D eigenvalue weighted by Gasteiger charge is -2.22. The Balaban J connectivity index is 2.08. The van der Waals surface area contributed by atoms with Gasteiger partial charge in [-0.3, -0.25) is 9.48 Å². The topological polar surface area (TPSA) is 63.1 Å². The Kier molecular flexibility index (Phi) is 4.51. The Morgan fingerprint density at radius 2 is 2.30 bits per heavy atom. The van der Waals surface area contributed by atoms with Gasteiger partial charge in [-0.05, 0) is 14.0 Å². The molecule has 20 heavy (non-hydrogen) atoms. The number of rotatable bonds is 5. The fourth-order valence-corrected chi connectivity index (χ4v) is 2.88. The highest BCUT2D eigenvalue weighted by Crippen LogP contribution is 2.18. The highest BCUT2D eigenvalue weighted by atomic mass is 32.1. The van der Waals surface area contributed by atoms with Crippen LogP contribution >= 0.6 is 11.3 Å². The second-order valence-corrected chi connectivity index (χ2v) is 6.03. The molecule has 0 fully saturated rings. The average molecular weight is 293 g/mol.